The molecule has 2 fully saturated rings. The van der Waals surface area contributed by atoms with E-state index in [0.29, 0.717) is 42.6 Å². The third-order valence-electron chi connectivity index (χ3n) is 14.8. The number of β-amino-alcohol motifs (C(OH)–C–C–N with tert-alkyl or cyclic N) is 1. The van der Waals surface area contributed by atoms with E-state index in [1.807, 2.05) is 43.3 Å². The molecule has 0 radical (unpaired) electrons. The molecule has 2 aromatic heterocycles. The van der Waals surface area contributed by atoms with E-state index in [9.17, 15) is 48.2 Å². The highest BCUT2D eigenvalue weighted by Crippen LogP contribution is 2.41. The number of halogens is 1. The van der Waals surface area contributed by atoms with Gasteiger partial charge in [0, 0.05) is 57.3 Å². The largest absolute Gasteiger partial charge is 0.507 e. The fourth-order valence-electron chi connectivity index (χ4n) is 10.0. The van der Waals surface area contributed by atoms with E-state index >= 15 is 0 Å². The summed E-state index contributed by atoms with van der Waals surface area (Å²) in [5.74, 6) is -3.37. The van der Waals surface area contributed by atoms with E-state index in [1.54, 1.807) is 52.5 Å². The van der Waals surface area contributed by atoms with Crippen molar-refractivity contribution in [3.05, 3.63) is 111 Å². The molecule has 7 amide bonds. The number of rotatable bonds is 22. The van der Waals surface area contributed by atoms with Gasteiger partial charge in [-0.05, 0) is 97.4 Å². The molecule has 2 aliphatic carbocycles. The Morgan fingerprint density at radius 2 is 1.58 bits per heavy atom. The fourth-order valence-corrected chi connectivity index (χ4v) is 10.8. The molecule has 19 nitrogen and oxygen atoms in total. The number of hydrogen-bond donors (Lipinski definition) is 7. The van der Waals surface area contributed by atoms with Crippen LogP contribution in [-0.2, 0) is 25.6 Å². The summed E-state index contributed by atoms with van der Waals surface area (Å²) in [5.41, 5.74) is 4.34. The third-order valence-corrected chi connectivity index (χ3v) is 15.8. The van der Waals surface area contributed by atoms with Gasteiger partial charge >= 0.3 is 0 Å². The molecule has 5 aromatic rings. The number of aliphatic hydroxyl groups is 1. The summed E-state index contributed by atoms with van der Waals surface area (Å²) in [5, 5.41) is 39.7. The summed E-state index contributed by atoms with van der Waals surface area (Å²) < 4.78 is 20.2. The summed E-state index contributed by atoms with van der Waals surface area (Å²) in [6.45, 7) is 7.83. The van der Waals surface area contributed by atoms with Crippen molar-refractivity contribution in [2.24, 2.45) is 5.41 Å². The molecule has 7 N–H and O–H groups in total. The summed E-state index contributed by atoms with van der Waals surface area (Å²) >= 11 is 1.50. The van der Waals surface area contributed by atoms with Gasteiger partial charge in [0.1, 0.15) is 17.8 Å². The zero-order valence-corrected chi connectivity index (χ0v) is 46.3. The minimum atomic E-state index is -2.02. The van der Waals surface area contributed by atoms with Crippen molar-refractivity contribution in [3.63, 3.8) is 0 Å². The molecule has 1 saturated heterocycles. The zero-order chi connectivity index (χ0) is 56.8. The van der Waals surface area contributed by atoms with Crippen LogP contribution in [0.5, 0.6) is 5.75 Å². The number of likely N-dealkylation sites (tertiary alicyclic amines) is 1. The number of nitrogens with one attached hydrogen (secondary N) is 5. The van der Waals surface area contributed by atoms with E-state index in [2.05, 4.69) is 36.7 Å². The first kappa shape index (κ1) is 57.6. The Labute approximate surface area is 462 Å². The van der Waals surface area contributed by atoms with Crippen molar-refractivity contribution in [3.8, 4) is 27.5 Å². The number of unbranched alkanes of at least 4 members (excludes halogenated alkanes) is 4. The third kappa shape index (κ3) is 14.0. The molecular weight excluding hydrogens is 1030 g/mol. The van der Waals surface area contributed by atoms with E-state index in [0.717, 1.165) is 59.4 Å². The molecule has 5 atom stereocenters. The van der Waals surface area contributed by atoms with Crippen molar-refractivity contribution in [2.75, 3.05) is 33.7 Å². The number of aromatic nitrogens is 2. The van der Waals surface area contributed by atoms with E-state index in [4.69, 9.17) is 4.52 Å². The maximum Gasteiger partial charge on any atom is 0.273 e. The normalized spacial score (nSPS) is 18.0. The maximum absolute atomic E-state index is 14.8. The Morgan fingerprint density at radius 3 is 2.24 bits per heavy atom. The summed E-state index contributed by atoms with van der Waals surface area (Å²) in [6, 6.07) is 15.5. The van der Waals surface area contributed by atoms with Crippen molar-refractivity contribution >= 4 is 52.7 Å². The van der Waals surface area contributed by atoms with Crippen LogP contribution in [0, 0.1) is 12.3 Å². The minimum Gasteiger partial charge on any atom is -0.507 e. The smallest absolute Gasteiger partial charge is 0.273 e. The average Bonchev–Trinajstić information content (AvgIpc) is 4.09. The highest BCUT2D eigenvalue weighted by atomic mass is 32.1. The molecule has 1 saturated carbocycles. The number of aliphatic hydroxyl groups excluding tert-OH is 1. The van der Waals surface area contributed by atoms with Gasteiger partial charge in [0.05, 0.1) is 46.3 Å². The van der Waals surface area contributed by atoms with Gasteiger partial charge in [0.2, 0.25) is 17.7 Å². The average molecular weight is 1100 g/mol. The molecule has 21 heteroatoms. The van der Waals surface area contributed by atoms with Crippen LogP contribution in [0.15, 0.2) is 76.8 Å². The lowest BCUT2D eigenvalue weighted by atomic mass is 9.85. The first-order chi connectivity index (χ1) is 37.6. The highest BCUT2D eigenvalue weighted by molar-refractivity contribution is 7.13. The summed E-state index contributed by atoms with van der Waals surface area (Å²) in [6.07, 6.45) is 4.30. The second-order valence-electron chi connectivity index (χ2n) is 22.1. The molecule has 3 aliphatic rings. The predicted octanol–water partition coefficient (Wildman–Crippen LogP) is 6.64. The molecule has 3 heterocycles. The molecule has 0 bridgehead atoms. The van der Waals surface area contributed by atoms with Gasteiger partial charge < -0.3 is 51.1 Å². The number of aryl methyl sites for hydroxylation is 2. The molecule has 79 heavy (non-hydrogen) atoms. The number of amides is 7. The fraction of sp³-hybridized carbons (Fsp3) is 0.466. The Hall–Kier alpha value is -7.52. The zero-order valence-electron chi connectivity index (χ0n) is 45.4. The van der Waals surface area contributed by atoms with Gasteiger partial charge in [-0.3, -0.25) is 33.6 Å². The first-order valence-corrected chi connectivity index (χ1v) is 27.8. The Morgan fingerprint density at radius 1 is 0.886 bits per heavy atom. The van der Waals surface area contributed by atoms with Crippen LogP contribution in [0.3, 0.4) is 0 Å². The number of benzene rings is 3. The van der Waals surface area contributed by atoms with Crippen LogP contribution < -0.4 is 26.6 Å². The minimum absolute atomic E-state index is 0.0413. The SMILES string of the molecule is Cc1ncsc1-c1ccc(C(CC(=O)NCCCCCCCNC(=O)c2ccc3c(c2)[C@H](NC(=O)c2cc(-c4ccc(C(=O)N(C)C)c(O)c4)on2)CC3)NC(=O)[C@@H]2C[C@@H](O)CN2C(=O)C(NC(=O)C2(F)CC2)C(C)(C)C)cc1. The van der Waals surface area contributed by atoms with Gasteiger partial charge in [0.15, 0.2) is 17.1 Å². The number of carbonyl (C=O) groups is 7. The lowest BCUT2D eigenvalue weighted by molar-refractivity contribution is -0.145. The number of fused-ring (bicyclic) bond motifs is 1. The monoisotopic (exact) mass is 1100 g/mol. The van der Waals surface area contributed by atoms with Gasteiger partial charge in [-0.2, -0.15) is 0 Å². The van der Waals surface area contributed by atoms with Crippen LogP contribution in [0.1, 0.15) is 151 Å². The summed E-state index contributed by atoms with van der Waals surface area (Å²) in [4.78, 5) is 101. The van der Waals surface area contributed by atoms with Crippen LogP contribution in [0.4, 0.5) is 4.39 Å². The Kier molecular flexibility index (Phi) is 18.0. The number of phenolic OH excluding ortho intramolecular Hbond substituents is 1. The van der Waals surface area contributed by atoms with Crippen LogP contribution in [0.25, 0.3) is 21.8 Å². The number of carbonyl (C=O) groups excluding carboxylic acids is 7. The van der Waals surface area contributed by atoms with E-state index in [1.165, 1.54) is 39.3 Å². The van der Waals surface area contributed by atoms with Crippen molar-refractivity contribution in [1.82, 2.24) is 46.5 Å². The van der Waals surface area contributed by atoms with E-state index < -0.39 is 58.9 Å². The van der Waals surface area contributed by atoms with Gasteiger partial charge in [-0.25, -0.2) is 9.37 Å². The number of thiazole rings is 1. The number of phenols is 1. The highest BCUT2D eigenvalue weighted by Gasteiger charge is 2.53. The molecule has 1 aliphatic heterocycles. The Bertz CT molecular complexity index is 3080. The van der Waals surface area contributed by atoms with Crippen molar-refractivity contribution in [2.45, 2.75) is 134 Å². The second kappa shape index (κ2) is 24.7. The van der Waals surface area contributed by atoms with Crippen LogP contribution >= 0.6 is 11.3 Å². The van der Waals surface area contributed by atoms with Gasteiger partial charge in [-0.1, -0.05) is 81.6 Å². The topological polar surface area (TPSA) is 266 Å². The van der Waals surface area contributed by atoms with Crippen molar-refractivity contribution < 1.29 is 52.7 Å². The number of alkyl halides is 1. The predicted molar refractivity (Wildman–Crippen MR) is 293 cm³/mol. The van der Waals surface area contributed by atoms with Gasteiger partial charge in [0.25, 0.3) is 23.6 Å². The molecule has 0 spiro atoms. The molecule has 2 unspecified atom stereocenters. The number of nitrogens with zero attached hydrogens (tertiary/aromatic N) is 4. The maximum atomic E-state index is 14.8. The van der Waals surface area contributed by atoms with Crippen molar-refractivity contribution in [1.29, 1.82) is 0 Å². The van der Waals surface area contributed by atoms with E-state index in [-0.39, 0.29) is 78.8 Å². The van der Waals surface area contributed by atoms with Crippen LogP contribution in [-0.4, -0.2) is 129 Å². The van der Waals surface area contributed by atoms with Crippen LogP contribution in [0.2, 0.25) is 0 Å². The summed E-state index contributed by atoms with van der Waals surface area (Å²) in [7, 11) is 3.17. The molecule has 8 rings (SSSR count). The standard InChI is InChI=1S/C58H70FN9O10S/c1-33-49(79-32-62-33)36-15-13-35(14-16-36)43(64-53(74)45-28-39(69)31-68(45)55(76)50(57(2,3)4)65-56(77)58(59)22-23-58)30-48(71)60-24-10-8-7-9-11-25-61-51(72)38-17-12-34-19-21-42(41(34)26-38)63-52(73)44-29-47(78-66-44)37-18-20-40(46(70)27-37)54(75)67(5)6/h12-18,20,26-27,29,32,39,42-43,45,50,69-70H,7-11,19,21-25,28,30-31H2,1-6H3,(H,60,71)(H,61,72)(H,63,73)(H,64,74)(H,65,77)/t39-,42-,43?,45+,50?/m1/s1. The lowest BCUT2D eigenvalue weighted by Gasteiger charge is -2.36. The Balaban J connectivity index is 0.784. The second-order valence-corrected chi connectivity index (χ2v) is 23.0. The molecule has 420 valence electrons. The van der Waals surface area contributed by atoms with Gasteiger partial charge in [-0.15, -0.1) is 11.3 Å². The number of aromatic hydroxyl groups is 1. The molecular formula is C58H70FN9O10S. The first-order valence-electron chi connectivity index (χ1n) is 26.9. The quantitative estimate of drug-likeness (QED) is 0.0360. The lowest BCUT2D eigenvalue weighted by Crippen LogP contribution is -2.59. The molecule has 3 aromatic carbocycles. The number of hydrogen-bond acceptors (Lipinski definition) is 13.